The molecule has 0 bridgehead atoms. The summed E-state index contributed by atoms with van der Waals surface area (Å²) in [7, 11) is 2.23. The van der Waals surface area contributed by atoms with Crippen molar-refractivity contribution < 1.29 is 9.47 Å². The number of piperidine rings is 1. The first-order valence-corrected chi connectivity index (χ1v) is 20.3. The number of unbranched alkanes of at least 4 members (excludes halogenated alkanes) is 18. The minimum atomic E-state index is -0.314. The van der Waals surface area contributed by atoms with Gasteiger partial charge in [-0.3, -0.25) is 0 Å². The average Bonchev–Trinajstić information content (AvgIpc) is 3.41. The molecule has 0 unspecified atom stereocenters. The molecule has 2 heterocycles. The van der Waals surface area contributed by atoms with E-state index in [0.29, 0.717) is 6.10 Å². The molecular formula is C43H77NO2. The van der Waals surface area contributed by atoms with E-state index in [2.05, 4.69) is 74.4 Å². The molecule has 0 amide bonds. The Balaban J connectivity index is 1.53. The van der Waals surface area contributed by atoms with Crippen molar-refractivity contribution >= 4 is 0 Å². The molecule has 0 aliphatic carbocycles. The Kier molecular flexibility index (Phi) is 25.7. The summed E-state index contributed by atoms with van der Waals surface area (Å²) >= 11 is 0. The zero-order chi connectivity index (χ0) is 32.8. The van der Waals surface area contributed by atoms with Crippen LogP contribution < -0.4 is 0 Å². The van der Waals surface area contributed by atoms with E-state index in [1.54, 1.807) is 0 Å². The minimum Gasteiger partial charge on any atom is -0.344 e. The van der Waals surface area contributed by atoms with Gasteiger partial charge in [-0.1, -0.05) is 140 Å². The van der Waals surface area contributed by atoms with Crippen molar-refractivity contribution in [3.63, 3.8) is 0 Å². The molecular weight excluding hydrogens is 562 g/mol. The molecule has 3 nitrogen and oxygen atoms in total. The number of fused-ring (bicyclic) bond motifs is 1. The highest BCUT2D eigenvalue weighted by Gasteiger charge is 2.48. The number of hydrogen-bond acceptors (Lipinski definition) is 3. The van der Waals surface area contributed by atoms with E-state index in [0.717, 1.165) is 45.2 Å². The third kappa shape index (κ3) is 20.9. The highest BCUT2D eigenvalue weighted by atomic mass is 16.8. The first kappa shape index (κ1) is 41.0. The fraction of sp³-hybridized carbons (Fsp3) is 0.814. The zero-order valence-corrected chi connectivity index (χ0v) is 31.0. The van der Waals surface area contributed by atoms with Crippen molar-refractivity contribution in [2.24, 2.45) is 0 Å². The number of likely N-dealkylation sites (N-methyl/N-ethyl adjacent to an activating group) is 1. The number of ether oxygens (including phenoxy) is 2. The van der Waals surface area contributed by atoms with E-state index in [4.69, 9.17) is 9.47 Å². The van der Waals surface area contributed by atoms with Crippen LogP contribution in [0.25, 0.3) is 0 Å². The Hall–Kier alpha value is -1.16. The third-order valence-electron chi connectivity index (χ3n) is 9.95. The highest BCUT2D eigenvalue weighted by molar-refractivity contribution is 4.94. The van der Waals surface area contributed by atoms with Crippen LogP contribution >= 0.6 is 0 Å². The maximum Gasteiger partial charge on any atom is 0.169 e. The molecule has 46 heavy (non-hydrogen) atoms. The number of likely N-dealkylation sites (tertiary alicyclic amines) is 1. The van der Waals surface area contributed by atoms with Crippen LogP contribution in [0.5, 0.6) is 0 Å². The fourth-order valence-electron chi connectivity index (χ4n) is 7.00. The molecule has 0 saturated carbocycles. The lowest BCUT2D eigenvalue weighted by Gasteiger charge is -2.29. The maximum absolute atomic E-state index is 6.78. The predicted octanol–water partition coefficient (Wildman–Crippen LogP) is 13.2. The van der Waals surface area contributed by atoms with Crippen LogP contribution in [0, 0.1) is 0 Å². The van der Waals surface area contributed by atoms with Crippen molar-refractivity contribution in [3.8, 4) is 0 Å². The van der Waals surface area contributed by atoms with Gasteiger partial charge in [0.25, 0.3) is 0 Å². The summed E-state index contributed by atoms with van der Waals surface area (Å²) in [5, 5.41) is 0. The zero-order valence-electron chi connectivity index (χ0n) is 31.0. The Morgan fingerprint density at radius 2 is 0.891 bits per heavy atom. The molecule has 2 rings (SSSR count). The van der Waals surface area contributed by atoms with E-state index >= 15 is 0 Å². The number of nitrogens with zero attached hydrogens (tertiary/aromatic N) is 1. The van der Waals surface area contributed by atoms with Crippen molar-refractivity contribution in [2.75, 3.05) is 20.1 Å². The van der Waals surface area contributed by atoms with Crippen molar-refractivity contribution in [3.05, 3.63) is 48.6 Å². The SMILES string of the molecule is CCCCCC=CCC=CCCCCCCCCC1(CCCCCCCCC=CCC=CCCCCC)O[C@@H]2CCN(C)C[C@H]2O1. The quantitative estimate of drug-likeness (QED) is 0.0576. The Bertz CT molecular complexity index is 751. The molecule has 0 aromatic heterocycles. The van der Waals surface area contributed by atoms with Crippen LogP contribution in [0.3, 0.4) is 0 Å². The Morgan fingerprint density at radius 1 is 0.500 bits per heavy atom. The van der Waals surface area contributed by atoms with Crippen LogP contribution in [-0.2, 0) is 9.47 Å². The van der Waals surface area contributed by atoms with Crippen molar-refractivity contribution in [2.45, 2.75) is 205 Å². The number of rotatable bonds is 30. The molecule has 3 heteroatoms. The lowest BCUT2D eigenvalue weighted by atomic mass is 9.98. The monoisotopic (exact) mass is 640 g/mol. The van der Waals surface area contributed by atoms with Gasteiger partial charge in [0, 0.05) is 25.9 Å². The lowest BCUT2D eigenvalue weighted by molar-refractivity contribution is -0.185. The van der Waals surface area contributed by atoms with Gasteiger partial charge in [0.2, 0.25) is 0 Å². The molecule has 0 spiro atoms. The highest BCUT2D eigenvalue weighted by Crippen LogP contribution is 2.40. The molecule has 2 aliphatic rings. The standard InChI is InChI=1S/C43H77NO2/c1-4-6-8-10-12-14-16-18-20-22-24-26-28-30-32-34-37-43(45-41-36-39-44(3)40-42(41)46-43)38-35-33-31-29-27-25-23-21-19-17-15-13-11-9-7-5-2/h12-15,18-21,41-42H,4-11,16-17,22-40H2,1-3H3/t41-,42-,43?/m1/s1. The summed E-state index contributed by atoms with van der Waals surface area (Å²) in [6, 6.07) is 0. The molecule has 2 fully saturated rings. The van der Waals surface area contributed by atoms with Gasteiger partial charge in [-0.05, 0) is 90.5 Å². The van der Waals surface area contributed by atoms with Crippen LogP contribution in [0.4, 0.5) is 0 Å². The second-order valence-electron chi connectivity index (χ2n) is 14.4. The van der Waals surface area contributed by atoms with Crippen LogP contribution in [0.1, 0.15) is 187 Å². The van der Waals surface area contributed by atoms with Gasteiger partial charge in [-0.25, -0.2) is 0 Å². The van der Waals surface area contributed by atoms with Gasteiger partial charge in [0.15, 0.2) is 5.79 Å². The van der Waals surface area contributed by atoms with Crippen LogP contribution in [0.2, 0.25) is 0 Å². The van der Waals surface area contributed by atoms with E-state index in [9.17, 15) is 0 Å². The molecule has 0 aromatic rings. The molecule has 0 aromatic carbocycles. The summed E-state index contributed by atoms with van der Waals surface area (Å²) in [5.41, 5.74) is 0. The molecule has 2 aliphatic heterocycles. The fourth-order valence-corrected chi connectivity index (χ4v) is 7.00. The summed E-state index contributed by atoms with van der Waals surface area (Å²) < 4.78 is 13.6. The molecule has 266 valence electrons. The minimum absolute atomic E-state index is 0.271. The van der Waals surface area contributed by atoms with E-state index in [-0.39, 0.29) is 11.9 Å². The molecule has 2 atom stereocenters. The predicted molar refractivity (Wildman–Crippen MR) is 203 cm³/mol. The summed E-state index contributed by atoms with van der Waals surface area (Å²) in [4.78, 5) is 2.42. The first-order chi connectivity index (χ1) is 22.7. The smallest absolute Gasteiger partial charge is 0.169 e. The topological polar surface area (TPSA) is 21.7 Å². The van der Waals surface area contributed by atoms with Gasteiger partial charge in [0.05, 0.1) is 12.2 Å². The largest absolute Gasteiger partial charge is 0.344 e. The van der Waals surface area contributed by atoms with Crippen LogP contribution in [0.15, 0.2) is 48.6 Å². The van der Waals surface area contributed by atoms with Gasteiger partial charge in [0.1, 0.15) is 0 Å². The van der Waals surface area contributed by atoms with Crippen molar-refractivity contribution in [1.29, 1.82) is 0 Å². The van der Waals surface area contributed by atoms with E-state index in [1.807, 2.05) is 0 Å². The summed E-state index contributed by atoms with van der Waals surface area (Å²) in [6.45, 7) is 6.70. The maximum atomic E-state index is 6.78. The molecule has 2 saturated heterocycles. The first-order valence-electron chi connectivity index (χ1n) is 20.3. The van der Waals surface area contributed by atoms with Gasteiger partial charge in [-0.2, -0.15) is 0 Å². The van der Waals surface area contributed by atoms with Crippen LogP contribution in [-0.4, -0.2) is 43.0 Å². The second kappa shape index (κ2) is 28.8. The Labute approximate surface area is 287 Å². The molecule has 0 N–H and O–H groups in total. The average molecular weight is 640 g/mol. The number of hydrogen-bond donors (Lipinski definition) is 0. The van der Waals surface area contributed by atoms with E-state index in [1.165, 1.54) is 141 Å². The lowest BCUT2D eigenvalue weighted by Crippen LogP contribution is -2.43. The van der Waals surface area contributed by atoms with Gasteiger partial charge in [-0.15, -0.1) is 0 Å². The van der Waals surface area contributed by atoms with Gasteiger partial charge < -0.3 is 14.4 Å². The van der Waals surface area contributed by atoms with E-state index < -0.39 is 0 Å². The summed E-state index contributed by atoms with van der Waals surface area (Å²) in [5.74, 6) is -0.314. The number of allylic oxidation sites excluding steroid dienone is 8. The van der Waals surface area contributed by atoms with Gasteiger partial charge >= 0.3 is 0 Å². The Morgan fingerprint density at radius 3 is 1.35 bits per heavy atom. The molecule has 0 radical (unpaired) electrons. The third-order valence-corrected chi connectivity index (χ3v) is 9.95. The van der Waals surface area contributed by atoms with Crippen molar-refractivity contribution in [1.82, 2.24) is 4.90 Å². The second-order valence-corrected chi connectivity index (χ2v) is 14.4. The summed E-state index contributed by atoms with van der Waals surface area (Å²) in [6.07, 6.45) is 53.8. The normalized spacial score (nSPS) is 22.4.